The molecule has 0 bridgehead atoms. The fourth-order valence-corrected chi connectivity index (χ4v) is 5.97. The Morgan fingerprint density at radius 2 is 1.18 bits per heavy atom. The van der Waals surface area contributed by atoms with Crippen molar-refractivity contribution in [1.29, 1.82) is 0 Å². The molecule has 0 radical (unpaired) electrons. The highest BCUT2D eigenvalue weighted by molar-refractivity contribution is 9.10. The van der Waals surface area contributed by atoms with Gasteiger partial charge in [0.15, 0.2) is 5.78 Å². The number of halogens is 4. The van der Waals surface area contributed by atoms with Crippen molar-refractivity contribution in [2.24, 2.45) is 0 Å². The minimum Gasteiger partial charge on any atom is -0.478 e. The summed E-state index contributed by atoms with van der Waals surface area (Å²) in [4.78, 5) is 21.2. The minimum absolute atomic E-state index is 0.0909. The molecule has 2 rings (SSSR count). The second-order valence-electron chi connectivity index (χ2n) is 5.03. The van der Waals surface area contributed by atoms with Gasteiger partial charge in [-0.2, -0.15) is 0 Å². The van der Waals surface area contributed by atoms with Gasteiger partial charge in [-0.05, 0) is 69.1 Å². The first-order chi connectivity index (χ1) is 12.6. The molecule has 0 fully saturated rings. The van der Waals surface area contributed by atoms with Crippen LogP contribution >= 0.6 is 53.2 Å². The molecule has 0 aliphatic rings. The molecule has 0 amide bonds. The van der Waals surface area contributed by atoms with Gasteiger partial charge in [0.2, 0.25) is 0 Å². The van der Waals surface area contributed by atoms with Crippen molar-refractivity contribution in [1.82, 2.24) is 0 Å². The molecule has 152 valence electrons. The lowest BCUT2D eigenvalue weighted by Crippen LogP contribution is -2.00. The van der Waals surface area contributed by atoms with E-state index < -0.39 is 24.1 Å². The molecule has 0 saturated heterocycles. The molecule has 1 N–H and O–H groups in total. The lowest BCUT2D eigenvalue weighted by atomic mass is 10.2. The molecule has 0 spiro atoms. The van der Waals surface area contributed by atoms with Crippen molar-refractivity contribution >= 4 is 83.1 Å². The molecule has 0 aromatic heterocycles. The first-order valence-corrected chi connectivity index (χ1v) is 13.1. The summed E-state index contributed by atoms with van der Waals surface area (Å²) in [5, 5.41) is 8.61. The van der Waals surface area contributed by atoms with E-state index in [2.05, 4.69) is 31.9 Å². The van der Waals surface area contributed by atoms with Crippen LogP contribution in [0.25, 0.3) is 0 Å². The van der Waals surface area contributed by atoms with Crippen LogP contribution in [0.1, 0.15) is 27.6 Å². The summed E-state index contributed by atoms with van der Waals surface area (Å²) in [6.07, 6.45) is 0. The summed E-state index contributed by atoms with van der Waals surface area (Å²) < 4.78 is 44.6. The van der Waals surface area contributed by atoms with Crippen molar-refractivity contribution in [3.63, 3.8) is 0 Å². The van der Waals surface area contributed by atoms with Crippen LogP contribution in [0, 0.1) is 0 Å². The molecule has 0 heterocycles. The SMILES string of the molecule is CC(=O)c1ccc(Br)c(S(=O)(=O)Cl)c1.O=C(O)c1ccc(Br)c(S(=O)(=O)Cl)c1. The third-order valence-corrected chi connectivity index (χ3v) is 7.67. The predicted octanol–water partition coefficient (Wildman–Crippen LogP) is 4.65. The van der Waals surface area contributed by atoms with Gasteiger partial charge in [0.05, 0.1) is 15.4 Å². The maximum Gasteiger partial charge on any atom is 0.335 e. The molecule has 13 heteroatoms. The molecule has 2 aromatic carbocycles. The quantitative estimate of drug-likeness (QED) is 0.402. The van der Waals surface area contributed by atoms with Crippen LogP contribution in [-0.2, 0) is 18.1 Å². The van der Waals surface area contributed by atoms with Gasteiger partial charge < -0.3 is 5.11 Å². The average molecular weight is 597 g/mol. The highest BCUT2D eigenvalue weighted by atomic mass is 79.9. The Bertz CT molecular complexity index is 1060. The Morgan fingerprint density at radius 3 is 1.50 bits per heavy atom. The summed E-state index contributed by atoms with van der Waals surface area (Å²) in [6, 6.07) is 7.84. The largest absolute Gasteiger partial charge is 0.478 e. The second kappa shape index (κ2) is 9.68. The zero-order chi connectivity index (χ0) is 21.9. The standard InChI is InChI=1S/C8H6BrClO3S.C7H4BrClO4S/c1-5(11)6-2-3-7(9)8(4-6)14(10,12)13;8-5-2-1-4(7(10)11)3-6(5)14(9,12)13/h2-4H,1H3;1-3H,(H,10,11). The van der Waals surface area contributed by atoms with Crippen LogP contribution in [0.15, 0.2) is 55.1 Å². The summed E-state index contributed by atoms with van der Waals surface area (Å²) in [7, 11) is 2.52. The maximum absolute atomic E-state index is 11.1. The van der Waals surface area contributed by atoms with Gasteiger partial charge in [0, 0.05) is 35.9 Å². The number of aromatic carboxylic acids is 1. The highest BCUT2D eigenvalue weighted by Crippen LogP contribution is 2.27. The third kappa shape index (κ3) is 7.12. The lowest BCUT2D eigenvalue weighted by molar-refractivity contribution is 0.0696. The Kier molecular flexibility index (Phi) is 8.66. The first kappa shape index (κ1) is 25.1. The molecule has 0 unspecified atom stereocenters. The molecular formula is C15H10Br2Cl2O7S2. The molecule has 7 nitrogen and oxygen atoms in total. The van der Waals surface area contributed by atoms with E-state index in [0.717, 1.165) is 6.07 Å². The Morgan fingerprint density at radius 1 is 0.821 bits per heavy atom. The summed E-state index contributed by atoms with van der Waals surface area (Å²) >= 11 is 6.00. The van der Waals surface area contributed by atoms with E-state index in [1.165, 1.54) is 37.3 Å². The number of ketones is 1. The van der Waals surface area contributed by atoms with Gasteiger partial charge in [0.25, 0.3) is 18.1 Å². The molecule has 0 aliphatic heterocycles. The van der Waals surface area contributed by atoms with Gasteiger partial charge in [-0.1, -0.05) is 6.07 Å². The Balaban J connectivity index is 0.000000280. The van der Waals surface area contributed by atoms with Gasteiger partial charge in [-0.15, -0.1) is 0 Å². The van der Waals surface area contributed by atoms with Gasteiger partial charge in [0.1, 0.15) is 0 Å². The number of Topliss-reactive ketones (excluding diaryl/α,β-unsaturated/α-hetero) is 1. The van der Waals surface area contributed by atoms with E-state index >= 15 is 0 Å². The number of carbonyl (C=O) groups excluding carboxylic acids is 1. The average Bonchev–Trinajstić information content (AvgIpc) is 2.53. The zero-order valence-corrected chi connectivity index (χ0v) is 20.0. The molecule has 28 heavy (non-hydrogen) atoms. The monoisotopic (exact) mass is 594 g/mol. The van der Waals surface area contributed by atoms with E-state index in [-0.39, 0.29) is 25.6 Å². The van der Waals surface area contributed by atoms with Crippen LogP contribution in [0.2, 0.25) is 0 Å². The lowest BCUT2D eigenvalue weighted by Gasteiger charge is -2.02. The number of hydrogen-bond donors (Lipinski definition) is 1. The van der Waals surface area contributed by atoms with E-state index in [1.807, 2.05) is 0 Å². The van der Waals surface area contributed by atoms with Crippen LogP contribution < -0.4 is 0 Å². The number of carboxylic acid groups (broad SMARTS) is 1. The summed E-state index contributed by atoms with van der Waals surface area (Å²) in [5.74, 6) is -1.42. The zero-order valence-electron chi connectivity index (χ0n) is 13.7. The fraction of sp³-hybridized carbons (Fsp3) is 0.0667. The summed E-state index contributed by atoms with van der Waals surface area (Å²) in [5.41, 5.74) is 0.180. The number of rotatable bonds is 4. The van der Waals surface area contributed by atoms with Gasteiger partial charge in [-0.3, -0.25) is 4.79 Å². The van der Waals surface area contributed by atoms with Crippen molar-refractivity contribution in [3.8, 4) is 0 Å². The van der Waals surface area contributed by atoms with Crippen LogP contribution in [-0.4, -0.2) is 33.7 Å². The van der Waals surface area contributed by atoms with Gasteiger partial charge in [-0.25, -0.2) is 21.6 Å². The third-order valence-electron chi connectivity index (χ3n) is 3.04. The highest BCUT2D eigenvalue weighted by Gasteiger charge is 2.17. The van der Waals surface area contributed by atoms with Crippen molar-refractivity contribution in [3.05, 3.63) is 56.5 Å². The van der Waals surface area contributed by atoms with E-state index in [4.69, 9.17) is 26.5 Å². The van der Waals surface area contributed by atoms with Gasteiger partial charge >= 0.3 is 5.97 Å². The molecule has 0 atom stereocenters. The molecule has 0 aliphatic carbocycles. The predicted molar refractivity (Wildman–Crippen MR) is 111 cm³/mol. The Hall–Kier alpha value is -0.980. The van der Waals surface area contributed by atoms with Crippen molar-refractivity contribution < 1.29 is 31.5 Å². The topological polar surface area (TPSA) is 123 Å². The first-order valence-electron chi connectivity index (χ1n) is 6.87. The summed E-state index contributed by atoms with van der Waals surface area (Å²) in [6.45, 7) is 1.36. The number of benzene rings is 2. The van der Waals surface area contributed by atoms with Crippen molar-refractivity contribution in [2.75, 3.05) is 0 Å². The van der Waals surface area contributed by atoms with Crippen LogP contribution in [0.3, 0.4) is 0 Å². The number of carboxylic acids is 1. The number of carbonyl (C=O) groups is 2. The molecule has 0 saturated carbocycles. The fourth-order valence-electron chi connectivity index (χ4n) is 1.73. The minimum atomic E-state index is -3.93. The normalized spacial score (nSPS) is 11.3. The van der Waals surface area contributed by atoms with E-state index in [1.54, 1.807) is 0 Å². The van der Waals surface area contributed by atoms with E-state index in [9.17, 15) is 26.4 Å². The van der Waals surface area contributed by atoms with Crippen LogP contribution in [0.4, 0.5) is 0 Å². The molecular weight excluding hydrogens is 587 g/mol. The smallest absolute Gasteiger partial charge is 0.335 e. The maximum atomic E-state index is 11.1. The van der Waals surface area contributed by atoms with Crippen LogP contribution in [0.5, 0.6) is 0 Å². The van der Waals surface area contributed by atoms with E-state index in [0.29, 0.717) is 10.0 Å². The van der Waals surface area contributed by atoms with Crippen molar-refractivity contribution in [2.45, 2.75) is 16.7 Å². The molecule has 2 aromatic rings. The number of hydrogen-bond acceptors (Lipinski definition) is 6. The second-order valence-corrected chi connectivity index (χ2v) is 11.8. The Labute approximate surface area is 186 Å².